The van der Waals surface area contributed by atoms with Gasteiger partial charge in [-0.05, 0) is 23.6 Å². The molecule has 0 heterocycles. The van der Waals surface area contributed by atoms with Crippen molar-refractivity contribution in [3.8, 4) is 0 Å². The minimum absolute atomic E-state index is 0.247. The summed E-state index contributed by atoms with van der Waals surface area (Å²) >= 11 is 1.46. The van der Waals surface area contributed by atoms with Gasteiger partial charge in [0, 0.05) is 17.6 Å². The third-order valence-electron chi connectivity index (χ3n) is 3.09. The molecule has 1 atom stereocenters. The van der Waals surface area contributed by atoms with Gasteiger partial charge in [-0.25, -0.2) is 0 Å². The van der Waals surface area contributed by atoms with Crippen molar-refractivity contribution in [3.63, 3.8) is 0 Å². The summed E-state index contributed by atoms with van der Waals surface area (Å²) in [6.07, 6.45) is 0. The molecule has 1 unspecified atom stereocenters. The fraction of sp³-hybridized carbons (Fsp3) is 0.438. The van der Waals surface area contributed by atoms with E-state index in [0.29, 0.717) is 11.7 Å². The van der Waals surface area contributed by atoms with E-state index in [1.807, 2.05) is 24.3 Å². The fourth-order valence-electron chi connectivity index (χ4n) is 1.85. The predicted octanol–water partition coefficient (Wildman–Crippen LogP) is 1.01. The van der Waals surface area contributed by atoms with E-state index in [4.69, 9.17) is 5.73 Å². The minimum Gasteiger partial charge on any atom is -0.368 e. The lowest BCUT2D eigenvalue weighted by molar-refractivity contribution is -0.128. The average molecular weight is 337 g/mol. The van der Waals surface area contributed by atoms with Crippen molar-refractivity contribution in [1.82, 2.24) is 10.6 Å². The van der Waals surface area contributed by atoms with Crippen molar-refractivity contribution in [1.29, 1.82) is 0 Å². The molecule has 6 nitrogen and oxygen atoms in total. The number of benzene rings is 1. The van der Waals surface area contributed by atoms with Crippen LogP contribution in [0.2, 0.25) is 0 Å². The molecule has 1 aromatic rings. The Bertz CT molecular complexity index is 558. The molecule has 1 aromatic carbocycles. The molecular formula is C16H23N3O3S. The molecule has 0 spiro atoms. The highest BCUT2D eigenvalue weighted by Crippen LogP contribution is 2.22. The highest BCUT2D eigenvalue weighted by Gasteiger charge is 2.19. The van der Waals surface area contributed by atoms with Crippen LogP contribution >= 0.6 is 11.8 Å². The molecule has 0 saturated carbocycles. The predicted molar refractivity (Wildman–Crippen MR) is 91.1 cm³/mol. The van der Waals surface area contributed by atoms with Gasteiger partial charge < -0.3 is 16.4 Å². The molecule has 0 saturated heterocycles. The molecule has 0 bridgehead atoms. The average Bonchev–Trinajstić information content (AvgIpc) is 2.49. The van der Waals surface area contributed by atoms with Crippen LogP contribution in [0.25, 0.3) is 0 Å². The van der Waals surface area contributed by atoms with Gasteiger partial charge in [-0.2, -0.15) is 0 Å². The molecular weight excluding hydrogens is 314 g/mol. The van der Waals surface area contributed by atoms with E-state index in [1.54, 1.807) is 0 Å². The first kappa shape index (κ1) is 19.0. The molecule has 0 fully saturated rings. The maximum absolute atomic E-state index is 12.0. The maximum Gasteiger partial charge on any atom is 0.243 e. The Balaban J connectivity index is 2.64. The second kappa shape index (κ2) is 9.19. The van der Waals surface area contributed by atoms with Crippen LogP contribution in [0.15, 0.2) is 29.2 Å². The van der Waals surface area contributed by atoms with Gasteiger partial charge in [0.05, 0.1) is 6.54 Å². The number of hydrogen-bond acceptors (Lipinski definition) is 4. The van der Waals surface area contributed by atoms with Gasteiger partial charge in [0.1, 0.15) is 6.04 Å². The van der Waals surface area contributed by atoms with Crippen molar-refractivity contribution in [2.75, 3.05) is 12.3 Å². The summed E-state index contributed by atoms with van der Waals surface area (Å²) < 4.78 is 0. The summed E-state index contributed by atoms with van der Waals surface area (Å²) in [5, 5.41) is 4.99. The van der Waals surface area contributed by atoms with Crippen molar-refractivity contribution >= 4 is 29.5 Å². The molecule has 1 rings (SSSR count). The number of carbonyl (C=O) groups is 3. The monoisotopic (exact) mass is 337 g/mol. The van der Waals surface area contributed by atoms with Gasteiger partial charge in [-0.1, -0.05) is 26.0 Å². The number of amides is 3. The van der Waals surface area contributed by atoms with E-state index >= 15 is 0 Å². The summed E-state index contributed by atoms with van der Waals surface area (Å²) in [4.78, 5) is 35.0. The summed E-state index contributed by atoms with van der Waals surface area (Å²) in [7, 11) is 0. The first-order chi connectivity index (χ1) is 10.8. The number of hydrogen-bond donors (Lipinski definition) is 3. The lowest BCUT2D eigenvalue weighted by Gasteiger charge is -2.17. The van der Waals surface area contributed by atoms with Crippen LogP contribution in [0.4, 0.5) is 0 Å². The summed E-state index contributed by atoms with van der Waals surface area (Å²) in [6, 6.07) is 7.36. The Hall–Kier alpha value is -2.02. The second-order valence-electron chi connectivity index (χ2n) is 5.47. The van der Waals surface area contributed by atoms with Gasteiger partial charge in [0.15, 0.2) is 0 Å². The number of thioether (sulfide) groups is 1. The molecule has 0 radical (unpaired) electrons. The van der Waals surface area contributed by atoms with Crippen molar-refractivity contribution in [2.45, 2.75) is 37.6 Å². The molecule has 126 valence electrons. The number of carbonyl (C=O) groups excluding carboxylic acids is 3. The van der Waals surface area contributed by atoms with Crippen molar-refractivity contribution in [2.24, 2.45) is 5.73 Å². The molecule has 0 aliphatic carbocycles. The minimum atomic E-state index is -0.721. The van der Waals surface area contributed by atoms with E-state index in [0.717, 1.165) is 4.90 Å². The summed E-state index contributed by atoms with van der Waals surface area (Å²) in [6.45, 7) is 5.34. The van der Waals surface area contributed by atoms with E-state index in [2.05, 4.69) is 24.5 Å². The zero-order chi connectivity index (χ0) is 17.4. The van der Waals surface area contributed by atoms with Crippen LogP contribution in [0.1, 0.15) is 32.3 Å². The third kappa shape index (κ3) is 7.19. The molecule has 7 heteroatoms. The lowest BCUT2D eigenvalue weighted by atomic mass is 10.0. The standard InChI is InChI=1S/C16H23N3O3S/c1-10(2)12-4-6-13(7-5-12)23-9-14(19-11(3)20)16(22)18-8-15(17)21/h4-7,10,14H,8-9H2,1-3H3,(H2,17,21)(H,18,22)(H,19,20). The number of rotatable bonds is 8. The van der Waals surface area contributed by atoms with E-state index < -0.39 is 17.9 Å². The van der Waals surface area contributed by atoms with Crippen molar-refractivity contribution in [3.05, 3.63) is 29.8 Å². The van der Waals surface area contributed by atoms with E-state index in [1.165, 1.54) is 24.2 Å². The van der Waals surface area contributed by atoms with Crippen LogP contribution in [-0.4, -0.2) is 36.1 Å². The van der Waals surface area contributed by atoms with Gasteiger partial charge in [-0.3, -0.25) is 14.4 Å². The quantitative estimate of drug-likeness (QED) is 0.616. The normalized spacial score (nSPS) is 11.8. The molecule has 0 aliphatic heterocycles. The zero-order valence-electron chi connectivity index (χ0n) is 13.6. The smallest absolute Gasteiger partial charge is 0.243 e. The number of primary amides is 1. The fourth-order valence-corrected chi connectivity index (χ4v) is 2.78. The Morgan fingerprint density at radius 3 is 2.26 bits per heavy atom. The third-order valence-corrected chi connectivity index (χ3v) is 4.20. The number of nitrogens with two attached hydrogens (primary N) is 1. The lowest BCUT2D eigenvalue weighted by Crippen LogP contribution is -2.49. The van der Waals surface area contributed by atoms with E-state index in [9.17, 15) is 14.4 Å². The Labute approximate surface area is 140 Å². The Morgan fingerprint density at radius 2 is 1.78 bits per heavy atom. The largest absolute Gasteiger partial charge is 0.368 e. The van der Waals surface area contributed by atoms with Crippen LogP contribution in [0, 0.1) is 0 Å². The van der Waals surface area contributed by atoms with E-state index in [-0.39, 0.29) is 12.5 Å². The molecule has 0 aliphatic rings. The Morgan fingerprint density at radius 1 is 1.17 bits per heavy atom. The SMILES string of the molecule is CC(=O)NC(CSc1ccc(C(C)C)cc1)C(=O)NCC(N)=O. The van der Waals surface area contributed by atoms with Crippen LogP contribution in [0.3, 0.4) is 0 Å². The highest BCUT2D eigenvalue weighted by atomic mass is 32.2. The topological polar surface area (TPSA) is 101 Å². The second-order valence-corrected chi connectivity index (χ2v) is 6.57. The van der Waals surface area contributed by atoms with Gasteiger partial charge in [0.25, 0.3) is 0 Å². The zero-order valence-corrected chi connectivity index (χ0v) is 14.4. The molecule has 0 aromatic heterocycles. The van der Waals surface area contributed by atoms with Crippen LogP contribution in [-0.2, 0) is 14.4 Å². The first-order valence-corrected chi connectivity index (χ1v) is 8.34. The molecule has 3 amide bonds. The summed E-state index contributed by atoms with van der Waals surface area (Å²) in [5.41, 5.74) is 6.24. The molecule has 23 heavy (non-hydrogen) atoms. The molecule has 4 N–H and O–H groups in total. The van der Waals surface area contributed by atoms with Gasteiger partial charge in [-0.15, -0.1) is 11.8 Å². The van der Waals surface area contributed by atoms with Gasteiger partial charge in [0.2, 0.25) is 17.7 Å². The first-order valence-electron chi connectivity index (χ1n) is 7.35. The van der Waals surface area contributed by atoms with Crippen LogP contribution in [0.5, 0.6) is 0 Å². The highest BCUT2D eigenvalue weighted by molar-refractivity contribution is 7.99. The summed E-state index contributed by atoms with van der Waals surface area (Å²) in [5.74, 6) is -0.534. The maximum atomic E-state index is 12.0. The number of nitrogens with one attached hydrogen (secondary N) is 2. The Kier molecular flexibility index (Phi) is 7.61. The van der Waals surface area contributed by atoms with Crippen LogP contribution < -0.4 is 16.4 Å². The van der Waals surface area contributed by atoms with Gasteiger partial charge >= 0.3 is 0 Å². The van der Waals surface area contributed by atoms with Crippen molar-refractivity contribution < 1.29 is 14.4 Å².